The number of benzene rings is 1. The number of rotatable bonds is 6. The van der Waals surface area contributed by atoms with Gasteiger partial charge in [0.15, 0.2) is 5.76 Å². The van der Waals surface area contributed by atoms with Crippen LogP contribution in [0.1, 0.15) is 27.8 Å². The van der Waals surface area contributed by atoms with Gasteiger partial charge in [-0.1, -0.05) is 29.4 Å². The molecule has 0 spiro atoms. The fraction of sp³-hybridized carbons (Fsp3) is 0.211. The highest BCUT2D eigenvalue weighted by atomic mass is 32.2. The molecule has 4 rings (SSSR count). The van der Waals surface area contributed by atoms with Gasteiger partial charge in [0.25, 0.3) is 0 Å². The van der Waals surface area contributed by atoms with Crippen LogP contribution in [-0.2, 0) is 10.0 Å². The van der Waals surface area contributed by atoms with E-state index >= 15 is 0 Å². The van der Waals surface area contributed by atoms with Crippen LogP contribution in [0.25, 0.3) is 10.9 Å². The summed E-state index contributed by atoms with van der Waals surface area (Å²) in [5.41, 5.74) is 2.46. The molecule has 2 N–H and O–H groups in total. The first-order valence-electron chi connectivity index (χ1n) is 8.49. The van der Waals surface area contributed by atoms with E-state index in [9.17, 15) is 8.42 Å². The number of hydrogen-bond acceptors (Lipinski definition) is 5. The Hall–Kier alpha value is -2.42. The first-order chi connectivity index (χ1) is 13.0. The largest absolute Gasteiger partial charge is 0.361 e. The first-order valence-corrected chi connectivity index (χ1v) is 10.9. The summed E-state index contributed by atoms with van der Waals surface area (Å²) in [6.45, 7) is 3.47. The average Bonchev–Trinajstić information content (AvgIpc) is 3.37. The molecule has 1 aromatic carbocycles. The lowest BCUT2D eigenvalue weighted by Crippen LogP contribution is -2.29. The molecule has 27 heavy (non-hydrogen) atoms. The average molecular weight is 402 g/mol. The Morgan fingerprint density at radius 2 is 2.04 bits per heavy atom. The molecule has 6 nitrogen and oxygen atoms in total. The third-order valence-corrected chi connectivity index (χ3v) is 7.25. The van der Waals surface area contributed by atoms with E-state index in [1.807, 2.05) is 48.0 Å². The van der Waals surface area contributed by atoms with Crippen molar-refractivity contribution in [1.29, 1.82) is 0 Å². The highest BCUT2D eigenvalue weighted by Crippen LogP contribution is 2.33. The highest BCUT2D eigenvalue weighted by Gasteiger charge is 2.27. The van der Waals surface area contributed by atoms with Crippen LogP contribution in [0.3, 0.4) is 0 Å². The monoisotopic (exact) mass is 401 g/mol. The summed E-state index contributed by atoms with van der Waals surface area (Å²) >= 11 is 1.61. The standard InChI is InChI=1S/C19H19N3O3S2/c1-12-19(13(2)25-22-12)27(23,24)21-11-16(18-8-5-9-26-18)15-10-20-17-7-4-3-6-14(15)17/h3-10,16,20-21H,11H2,1-2H3. The number of H-pyrrole nitrogens is 1. The second-order valence-electron chi connectivity index (χ2n) is 6.36. The van der Waals surface area contributed by atoms with E-state index in [4.69, 9.17) is 4.52 Å². The van der Waals surface area contributed by atoms with E-state index < -0.39 is 10.0 Å². The van der Waals surface area contributed by atoms with Crippen molar-refractivity contribution in [3.8, 4) is 0 Å². The van der Waals surface area contributed by atoms with Gasteiger partial charge in [0.1, 0.15) is 10.6 Å². The van der Waals surface area contributed by atoms with Crippen molar-refractivity contribution in [1.82, 2.24) is 14.9 Å². The minimum atomic E-state index is -3.72. The Morgan fingerprint density at radius 1 is 1.22 bits per heavy atom. The molecule has 140 valence electrons. The van der Waals surface area contributed by atoms with E-state index in [1.54, 1.807) is 25.2 Å². The summed E-state index contributed by atoms with van der Waals surface area (Å²) in [6, 6.07) is 12.0. The van der Waals surface area contributed by atoms with Crippen LogP contribution in [0.4, 0.5) is 0 Å². The normalized spacial score (nSPS) is 13.3. The molecule has 0 fully saturated rings. The van der Waals surface area contributed by atoms with Gasteiger partial charge in [-0.2, -0.15) is 0 Å². The maximum Gasteiger partial charge on any atom is 0.245 e. The van der Waals surface area contributed by atoms with Crippen LogP contribution >= 0.6 is 11.3 Å². The van der Waals surface area contributed by atoms with E-state index in [2.05, 4.69) is 14.9 Å². The van der Waals surface area contributed by atoms with Crippen LogP contribution in [0.5, 0.6) is 0 Å². The van der Waals surface area contributed by atoms with E-state index in [0.29, 0.717) is 11.5 Å². The number of aromatic nitrogens is 2. The Morgan fingerprint density at radius 3 is 2.74 bits per heavy atom. The summed E-state index contributed by atoms with van der Waals surface area (Å²) in [5.74, 6) is 0.191. The molecule has 4 aromatic rings. The molecule has 0 bridgehead atoms. The Bertz CT molecular complexity index is 1150. The second-order valence-corrected chi connectivity index (χ2v) is 9.05. The zero-order chi connectivity index (χ0) is 19.0. The maximum absolute atomic E-state index is 12.8. The topological polar surface area (TPSA) is 88.0 Å². The predicted molar refractivity (Wildman–Crippen MR) is 106 cm³/mol. The molecule has 0 saturated carbocycles. The Labute approximate surface area is 161 Å². The molecular weight excluding hydrogens is 382 g/mol. The van der Waals surface area contributed by atoms with Gasteiger partial charge in [-0.05, 0) is 36.9 Å². The van der Waals surface area contributed by atoms with Gasteiger partial charge in [0.2, 0.25) is 10.0 Å². The van der Waals surface area contributed by atoms with Crippen LogP contribution in [0.2, 0.25) is 0 Å². The third-order valence-electron chi connectivity index (χ3n) is 4.60. The number of sulfonamides is 1. The van der Waals surface area contributed by atoms with E-state index in [0.717, 1.165) is 21.3 Å². The van der Waals surface area contributed by atoms with Crippen LogP contribution in [0, 0.1) is 13.8 Å². The SMILES string of the molecule is Cc1noc(C)c1S(=O)(=O)NCC(c1cccs1)c1c[nH]c2ccccc12. The van der Waals surface area contributed by atoms with Gasteiger partial charge in [0, 0.05) is 34.4 Å². The van der Waals surface area contributed by atoms with Gasteiger partial charge >= 0.3 is 0 Å². The van der Waals surface area contributed by atoms with E-state index in [1.165, 1.54) is 0 Å². The zero-order valence-corrected chi connectivity index (χ0v) is 16.5. The molecule has 3 aromatic heterocycles. The number of nitrogens with zero attached hydrogens (tertiary/aromatic N) is 1. The first kappa shape index (κ1) is 18.0. The molecule has 0 aliphatic rings. The molecule has 3 heterocycles. The van der Waals surface area contributed by atoms with Crippen molar-refractivity contribution in [2.24, 2.45) is 0 Å². The summed E-state index contributed by atoms with van der Waals surface area (Å²) in [6.07, 6.45) is 1.96. The van der Waals surface area contributed by atoms with Crippen molar-refractivity contribution in [3.05, 3.63) is 69.9 Å². The van der Waals surface area contributed by atoms with Gasteiger partial charge in [-0.15, -0.1) is 11.3 Å². The second kappa shape index (κ2) is 6.95. The lowest BCUT2D eigenvalue weighted by Gasteiger charge is -2.16. The van der Waals surface area contributed by atoms with Gasteiger partial charge in [-0.3, -0.25) is 0 Å². The van der Waals surface area contributed by atoms with Crippen molar-refractivity contribution in [3.63, 3.8) is 0 Å². The van der Waals surface area contributed by atoms with Gasteiger partial charge in [-0.25, -0.2) is 13.1 Å². The Kier molecular flexibility index (Phi) is 4.63. The number of aryl methyl sites for hydroxylation is 2. The minimum Gasteiger partial charge on any atom is -0.361 e. The maximum atomic E-state index is 12.8. The predicted octanol–water partition coefficient (Wildman–Crippen LogP) is 3.94. The molecule has 0 aliphatic heterocycles. The molecule has 0 radical (unpaired) electrons. The number of aromatic amines is 1. The summed E-state index contributed by atoms with van der Waals surface area (Å²) in [7, 11) is -3.72. The van der Waals surface area contributed by atoms with Crippen LogP contribution in [-0.4, -0.2) is 25.1 Å². The molecule has 0 saturated heterocycles. The number of hydrogen-bond donors (Lipinski definition) is 2. The van der Waals surface area contributed by atoms with Gasteiger partial charge in [0.05, 0.1) is 0 Å². The van der Waals surface area contributed by atoms with Crippen LogP contribution in [0.15, 0.2) is 57.4 Å². The number of nitrogens with one attached hydrogen (secondary N) is 2. The lowest BCUT2D eigenvalue weighted by atomic mass is 9.97. The smallest absolute Gasteiger partial charge is 0.245 e. The minimum absolute atomic E-state index is 0.101. The van der Waals surface area contributed by atoms with Crippen molar-refractivity contribution in [2.45, 2.75) is 24.7 Å². The third kappa shape index (κ3) is 3.31. The molecule has 1 unspecified atom stereocenters. The number of fused-ring (bicyclic) bond motifs is 1. The summed E-state index contributed by atoms with van der Waals surface area (Å²) < 4.78 is 33.4. The lowest BCUT2D eigenvalue weighted by molar-refractivity contribution is 0.390. The van der Waals surface area contributed by atoms with Crippen molar-refractivity contribution < 1.29 is 12.9 Å². The Balaban J connectivity index is 1.69. The molecule has 0 aliphatic carbocycles. The van der Waals surface area contributed by atoms with Gasteiger partial charge < -0.3 is 9.51 Å². The zero-order valence-electron chi connectivity index (χ0n) is 14.9. The number of thiophene rings is 1. The van der Waals surface area contributed by atoms with E-state index in [-0.39, 0.29) is 17.4 Å². The summed E-state index contributed by atoms with van der Waals surface area (Å²) in [4.78, 5) is 4.49. The molecular formula is C19H19N3O3S2. The van der Waals surface area contributed by atoms with Crippen molar-refractivity contribution in [2.75, 3.05) is 6.54 Å². The highest BCUT2D eigenvalue weighted by molar-refractivity contribution is 7.89. The quantitative estimate of drug-likeness (QED) is 0.512. The summed E-state index contributed by atoms with van der Waals surface area (Å²) in [5, 5.41) is 6.84. The number of para-hydroxylation sites is 1. The van der Waals surface area contributed by atoms with Crippen molar-refractivity contribution >= 4 is 32.3 Å². The van der Waals surface area contributed by atoms with Crippen LogP contribution < -0.4 is 4.72 Å². The molecule has 1 atom stereocenters. The molecule has 8 heteroatoms. The molecule has 0 amide bonds. The fourth-order valence-electron chi connectivity index (χ4n) is 3.36. The fourth-order valence-corrected chi connectivity index (χ4v) is 5.58.